The second kappa shape index (κ2) is 5.88. The number of pyridine rings is 1. The van der Waals surface area contributed by atoms with E-state index in [4.69, 9.17) is 4.52 Å². The van der Waals surface area contributed by atoms with Gasteiger partial charge in [0.2, 0.25) is 5.78 Å². The van der Waals surface area contributed by atoms with Crippen molar-refractivity contribution in [3.05, 3.63) is 47.1 Å². The Bertz CT molecular complexity index is 685. The van der Waals surface area contributed by atoms with Gasteiger partial charge in [0.15, 0.2) is 11.6 Å². The smallest absolute Gasteiger partial charge is 0.208 e. The zero-order chi connectivity index (χ0) is 14.7. The van der Waals surface area contributed by atoms with Crippen LogP contribution in [0.4, 0.5) is 0 Å². The SMILES string of the molecule is N#CC(C(=O)c1noc2c1CCCCC2)c1ccccn1. The van der Waals surface area contributed by atoms with Crippen LogP contribution in [0, 0.1) is 11.3 Å². The highest BCUT2D eigenvalue weighted by Crippen LogP contribution is 2.27. The van der Waals surface area contributed by atoms with Crippen LogP contribution in [0.3, 0.4) is 0 Å². The van der Waals surface area contributed by atoms with Gasteiger partial charge in [-0.25, -0.2) is 0 Å². The minimum atomic E-state index is -0.927. The first-order chi connectivity index (χ1) is 10.3. The summed E-state index contributed by atoms with van der Waals surface area (Å²) in [6.07, 6.45) is 6.39. The van der Waals surface area contributed by atoms with Crippen molar-refractivity contribution < 1.29 is 9.32 Å². The number of hydrogen-bond acceptors (Lipinski definition) is 5. The summed E-state index contributed by atoms with van der Waals surface area (Å²) >= 11 is 0. The molecule has 1 aliphatic rings. The fourth-order valence-corrected chi connectivity index (χ4v) is 2.70. The van der Waals surface area contributed by atoms with Crippen molar-refractivity contribution in [2.45, 2.75) is 38.0 Å². The van der Waals surface area contributed by atoms with Gasteiger partial charge in [-0.15, -0.1) is 0 Å². The van der Waals surface area contributed by atoms with Crippen molar-refractivity contribution in [3.63, 3.8) is 0 Å². The van der Waals surface area contributed by atoms with Crippen LogP contribution in [0.1, 0.15) is 52.7 Å². The molecule has 21 heavy (non-hydrogen) atoms. The summed E-state index contributed by atoms with van der Waals surface area (Å²) in [6, 6.07) is 7.24. The van der Waals surface area contributed by atoms with Crippen molar-refractivity contribution in [1.29, 1.82) is 5.26 Å². The maximum absolute atomic E-state index is 12.6. The lowest BCUT2D eigenvalue weighted by Crippen LogP contribution is -2.15. The Hall–Kier alpha value is -2.48. The van der Waals surface area contributed by atoms with Gasteiger partial charge in [0, 0.05) is 18.2 Å². The Morgan fingerprint density at radius 1 is 1.29 bits per heavy atom. The minimum absolute atomic E-state index is 0.309. The number of nitriles is 1. The van der Waals surface area contributed by atoms with E-state index in [1.165, 1.54) is 0 Å². The largest absolute Gasteiger partial charge is 0.360 e. The number of Topliss-reactive ketones (excluding diaryl/α,β-unsaturated/α-hetero) is 1. The van der Waals surface area contributed by atoms with E-state index in [0.29, 0.717) is 11.4 Å². The number of nitrogens with zero attached hydrogens (tertiary/aromatic N) is 3. The number of aryl methyl sites for hydroxylation is 1. The van der Waals surface area contributed by atoms with E-state index in [0.717, 1.165) is 43.4 Å². The second-order valence-corrected chi connectivity index (χ2v) is 5.17. The monoisotopic (exact) mass is 281 g/mol. The topological polar surface area (TPSA) is 79.8 Å². The Morgan fingerprint density at radius 2 is 2.14 bits per heavy atom. The highest BCUT2D eigenvalue weighted by atomic mass is 16.5. The summed E-state index contributed by atoms with van der Waals surface area (Å²) in [5, 5.41) is 13.3. The Balaban J connectivity index is 1.95. The summed E-state index contributed by atoms with van der Waals surface area (Å²) in [4.78, 5) is 16.7. The summed E-state index contributed by atoms with van der Waals surface area (Å²) in [6.45, 7) is 0. The van der Waals surface area contributed by atoms with Gasteiger partial charge in [-0.1, -0.05) is 17.6 Å². The van der Waals surface area contributed by atoms with Crippen LogP contribution in [0.2, 0.25) is 0 Å². The third-order valence-electron chi connectivity index (χ3n) is 3.81. The van der Waals surface area contributed by atoms with Gasteiger partial charge >= 0.3 is 0 Å². The average molecular weight is 281 g/mol. The first kappa shape index (κ1) is 13.5. The number of rotatable bonds is 3. The minimum Gasteiger partial charge on any atom is -0.360 e. The molecule has 0 bridgehead atoms. The molecule has 0 spiro atoms. The molecule has 5 nitrogen and oxygen atoms in total. The van der Waals surface area contributed by atoms with E-state index < -0.39 is 5.92 Å². The van der Waals surface area contributed by atoms with E-state index in [-0.39, 0.29) is 5.78 Å². The third-order valence-corrected chi connectivity index (χ3v) is 3.81. The number of carbonyl (C=O) groups excluding carboxylic acids is 1. The molecule has 2 aromatic rings. The van der Waals surface area contributed by atoms with Crippen LogP contribution in [-0.2, 0) is 12.8 Å². The van der Waals surface area contributed by atoms with Crippen molar-refractivity contribution in [1.82, 2.24) is 10.1 Å². The molecule has 1 unspecified atom stereocenters. The van der Waals surface area contributed by atoms with E-state index in [9.17, 15) is 10.1 Å². The number of aromatic nitrogens is 2. The van der Waals surface area contributed by atoms with E-state index in [1.807, 2.05) is 6.07 Å². The van der Waals surface area contributed by atoms with Gasteiger partial charge in [0.1, 0.15) is 5.76 Å². The van der Waals surface area contributed by atoms with Gasteiger partial charge in [-0.2, -0.15) is 5.26 Å². The molecule has 1 atom stereocenters. The lowest BCUT2D eigenvalue weighted by atomic mass is 9.95. The number of carbonyl (C=O) groups is 1. The maximum Gasteiger partial charge on any atom is 0.208 e. The number of ketones is 1. The van der Waals surface area contributed by atoms with Crippen LogP contribution in [0.15, 0.2) is 28.9 Å². The van der Waals surface area contributed by atoms with E-state index in [2.05, 4.69) is 10.1 Å². The van der Waals surface area contributed by atoms with Crippen molar-refractivity contribution in [3.8, 4) is 6.07 Å². The standard InChI is InChI=1S/C16H15N3O2/c17-10-12(13-7-4-5-9-18-13)16(20)15-11-6-2-1-3-8-14(11)21-19-15/h4-5,7,9,12H,1-3,6,8H2. The zero-order valence-corrected chi connectivity index (χ0v) is 11.6. The predicted octanol–water partition coefficient (Wildman–Crippen LogP) is 2.83. The number of fused-ring (bicyclic) bond motifs is 1. The van der Waals surface area contributed by atoms with Crippen molar-refractivity contribution in [2.75, 3.05) is 0 Å². The van der Waals surface area contributed by atoms with Crippen LogP contribution >= 0.6 is 0 Å². The molecule has 0 aliphatic heterocycles. The van der Waals surface area contributed by atoms with Crippen LogP contribution < -0.4 is 0 Å². The molecule has 0 N–H and O–H groups in total. The molecule has 2 heterocycles. The van der Waals surface area contributed by atoms with E-state index in [1.54, 1.807) is 24.4 Å². The highest BCUT2D eigenvalue weighted by Gasteiger charge is 2.30. The maximum atomic E-state index is 12.6. The molecule has 2 aromatic heterocycles. The average Bonchev–Trinajstić information content (AvgIpc) is 2.78. The molecule has 3 rings (SSSR count). The van der Waals surface area contributed by atoms with Crippen LogP contribution in [0.25, 0.3) is 0 Å². The molecular formula is C16H15N3O2. The molecule has 106 valence electrons. The quantitative estimate of drug-likeness (QED) is 0.638. The summed E-state index contributed by atoms with van der Waals surface area (Å²) in [5.74, 6) is -0.444. The van der Waals surface area contributed by atoms with Gasteiger partial charge in [-0.05, 0) is 31.4 Å². The number of hydrogen-bond donors (Lipinski definition) is 0. The van der Waals surface area contributed by atoms with Gasteiger partial charge in [-0.3, -0.25) is 9.78 Å². The van der Waals surface area contributed by atoms with Gasteiger partial charge < -0.3 is 4.52 Å². The molecule has 0 amide bonds. The lowest BCUT2D eigenvalue weighted by Gasteiger charge is -2.06. The second-order valence-electron chi connectivity index (χ2n) is 5.17. The molecule has 0 saturated carbocycles. The Labute approximate surface area is 122 Å². The molecular weight excluding hydrogens is 266 g/mol. The molecule has 1 aliphatic carbocycles. The summed E-state index contributed by atoms with van der Waals surface area (Å²) < 4.78 is 5.32. The predicted molar refractivity (Wildman–Crippen MR) is 74.7 cm³/mol. The zero-order valence-electron chi connectivity index (χ0n) is 11.6. The Kier molecular flexibility index (Phi) is 3.78. The fourth-order valence-electron chi connectivity index (χ4n) is 2.70. The van der Waals surface area contributed by atoms with Crippen molar-refractivity contribution >= 4 is 5.78 Å². The highest BCUT2D eigenvalue weighted by molar-refractivity contribution is 6.02. The molecule has 0 fully saturated rings. The van der Waals surface area contributed by atoms with Gasteiger partial charge in [0.25, 0.3) is 0 Å². The van der Waals surface area contributed by atoms with Crippen LogP contribution in [-0.4, -0.2) is 15.9 Å². The summed E-state index contributed by atoms with van der Waals surface area (Å²) in [7, 11) is 0. The van der Waals surface area contributed by atoms with Crippen molar-refractivity contribution in [2.24, 2.45) is 0 Å². The molecule has 5 heteroatoms. The fraction of sp³-hybridized carbons (Fsp3) is 0.375. The lowest BCUT2D eigenvalue weighted by molar-refractivity contribution is 0.0968. The first-order valence-electron chi connectivity index (χ1n) is 7.13. The van der Waals surface area contributed by atoms with E-state index >= 15 is 0 Å². The first-order valence-corrected chi connectivity index (χ1v) is 7.13. The normalized spacial score (nSPS) is 15.6. The van der Waals surface area contributed by atoms with Crippen LogP contribution in [0.5, 0.6) is 0 Å². The third kappa shape index (κ3) is 2.57. The molecule has 0 aromatic carbocycles. The van der Waals surface area contributed by atoms with Gasteiger partial charge in [0.05, 0.1) is 11.8 Å². The molecule has 0 saturated heterocycles. The Morgan fingerprint density at radius 3 is 2.90 bits per heavy atom. The summed E-state index contributed by atoms with van der Waals surface area (Å²) in [5.41, 5.74) is 1.65. The molecule has 0 radical (unpaired) electrons.